The zero-order valence-electron chi connectivity index (χ0n) is 11.8. The SMILES string of the molecule is CC(N)Cc1ccc(Nc2nc(Cl)ccc2[N+](=O)[O-])cc1.Cl. The van der Waals surface area contributed by atoms with E-state index in [4.69, 9.17) is 17.3 Å². The fraction of sp³-hybridized carbons (Fsp3) is 0.214. The molecule has 0 radical (unpaired) electrons. The highest BCUT2D eigenvalue weighted by Gasteiger charge is 2.15. The third-order valence-electron chi connectivity index (χ3n) is 2.81. The number of halogens is 2. The molecule has 0 amide bonds. The van der Waals surface area contributed by atoms with Crippen molar-refractivity contribution in [2.45, 2.75) is 19.4 Å². The van der Waals surface area contributed by atoms with E-state index in [1.165, 1.54) is 12.1 Å². The number of anilines is 2. The maximum Gasteiger partial charge on any atom is 0.311 e. The van der Waals surface area contributed by atoms with Gasteiger partial charge in [0.15, 0.2) is 0 Å². The molecule has 3 N–H and O–H groups in total. The molecule has 1 atom stereocenters. The van der Waals surface area contributed by atoms with Crippen LogP contribution in [-0.4, -0.2) is 15.9 Å². The Hall–Kier alpha value is -1.89. The number of pyridine rings is 1. The number of nitrogens with one attached hydrogen (secondary N) is 1. The van der Waals surface area contributed by atoms with Crippen LogP contribution in [0.25, 0.3) is 0 Å². The van der Waals surface area contributed by atoms with Crippen molar-refractivity contribution in [2.75, 3.05) is 5.32 Å². The van der Waals surface area contributed by atoms with Crippen LogP contribution in [0, 0.1) is 10.1 Å². The number of nitrogens with zero attached hydrogens (tertiary/aromatic N) is 2. The summed E-state index contributed by atoms with van der Waals surface area (Å²) in [6.07, 6.45) is 0.774. The Kier molecular flexibility index (Phi) is 6.55. The number of benzene rings is 1. The molecule has 0 aliphatic rings. The molecule has 0 saturated heterocycles. The van der Waals surface area contributed by atoms with Gasteiger partial charge in [0.1, 0.15) is 5.15 Å². The molecule has 0 bridgehead atoms. The first-order chi connectivity index (χ1) is 9.95. The van der Waals surface area contributed by atoms with Gasteiger partial charge < -0.3 is 11.1 Å². The quantitative estimate of drug-likeness (QED) is 0.490. The van der Waals surface area contributed by atoms with E-state index < -0.39 is 4.92 Å². The minimum Gasteiger partial charge on any atom is -0.334 e. The van der Waals surface area contributed by atoms with Crippen LogP contribution in [0.3, 0.4) is 0 Å². The monoisotopic (exact) mass is 342 g/mol. The van der Waals surface area contributed by atoms with Crippen molar-refractivity contribution in [3.05, 3.63) is 57.2 Å². The summed E-state index contributed by atoms with van der Waals surface area (Å²) in [5.41, 5.74) is 7.41. The van der Waals surface area contributed by atoms with Crippen molar-refractivity contribution in [3.8, 4) is 0 Å². The average Bonchev–Trinajstić information content (AvgIpc) is 2.40. The zero-order chi connectivity index (χ0) is 15.4. The molecule has 8 heteroatoms. The highest BCUT2D eigenvalue weighted by atomic mass is 35.5. The number of hydrogen-bond acceptors (Lipinski definition) is 5. The van der Waals surface area contributed by atoms with Crippen molar-refractivity contribution in [1.82, 2.24) is 4.98 Å². The van der Waals surface area contributed by atoms with Gasteiger partial charge in [0.05, 0.1) is 4.92 Å². The number of hydrogen-bond donors (Lipinski definition) is 2. The first kappa shape index (κ1) is 18.2. The second kappa shape index (κ2) is 7.93. The van der Waals surface area contributed by atoms with Gasteiger partial charge in [0.25, 0.3) is 0 Å². The van der Waals surface area contributed by atoms with Gasteiger partial charge in [-0.15, -0.1) is 12.4 Å². The molecule has 6 nitrogen and oxygen atoms in total. The van der Waals surface area contributed by atoms with Crippen LogP contribution in [0.4, 0.5) is 17.2 Å². The molecule has 0 aliphatic heterocycles. The fourth-order valence-corrected chi connectivity index (χ4v) is 2.05. The van der Waals surface area contributed by atoms with Crippen molar-refractivity contribution in [2.24, 2.45) is 5.73 Å². The van der Waals surface area contributed by atoms with E-state index in [2.05, 4.69) is 10.3 Å². The minimum atomic E-state index is -0.504. The van der Waals surface area contributed by atoms with E-state index in [-0.39, 0.29) is 35.1 Å². The van der Waals surface area contributed by atoms with Gasteiger partial charge in [-0.25, -0.2) is 4.98 Å². The van der Waals surface area contributed by atoms with Gasteiger partial charge in [-0.3, -0.25) is 10.1 Å². The molecule has 1 heterocycles. The zero-order valence-corrected chi connectivity index (χ0v) is 13.4. The van der Waals surface area contributed by atoms with Gasteiger partial charge in [0.2, 0.25) is 5.82 Å². The lowest BCUT2D eigenvalue weighted by Gasteiger charge is -2.09. The summed E-state index contributed by atoms with van der Waals surface area (Å²) in [7, 11) is 0. The number of nitro groups is 1. The molecule has 0 aliphatic carbocycles. The molecule has 0 spiro atoms. The maximum absolute atomic E-state index is 11.0. The van der Waals surface area contributed by atoms with Gasteiger partial charge in [-0.05, 0) is 37.1 Å². The van der Waals surface area contributed by atoms with Crippen LogP contribution in [0.15, 0.2) is 36.4 Å². The van der Waals surface area contributed by atoms with E-state index >= 15 is 0 Å². The Labute approximate surface area is 139 Å². The molecule has 118 valence electrons. The largest absolute Gasteiger partial charge is 0.334 e. The van der Waals surface area contributed by atoms with Crippen LogP contribution < -0.4 is 11.1 Å². The summed E-state index contributed by atoms with van der Waals surface area (Å²) < 4.78 is 0. The van der Waals surface area contributed by atoms with E-state index in [1.807, 2.05) is 31.2 Å². The normalized spacial score (nSPS) is 11.4. The van der Waals surface area contributed by atoms with E-state index in [0.29, 0.717) is 5.69 Å². The average molecular weight is 343 g/mol. The topological polar surface area (TPSA) is 94.1 Å². The predicted molar refractivity (Wildman–Crippen MR) is 90.2 cm³/mol. The summed E-state index contributed by atoms with van der Waals surface area (Å²) in [6.45, 7) is 1.94. The van der Waals surface area contributed by atoms with Gasteiger partial charge in [-0.1, -0.05) is 23.7 Å². The molecular weight excluding hydrogens is 327 g/mol. The number of rotatable bonds is 5. The standard InChI is InChI=1S/C14H15ClN4O2.ClH/c1-9(16)8-10-2-4-11(5-3-10)17-14-12(19(20)21)6-7-13(15)18-14;/h2-7,9H,8,16H2,1H3,(H,17,18);1H. The molecule has 2 aromatic rings. The number of nitrogens with two attached hydrogens (primary N) is 1. The Morgan fingerprint density at radius 1 is 1.32 bits per heavy atom. The maximum atomic E-state index is 11.0. The van der Waals surface area contributed by atoms with Gasteiger partial charge >= 0.3 is 5.69 Å². The van der Waals surface area contributed by atoms with Crippen LogP contribution in [0.1, 0.15) is 12.5 Å². The van der Waals surface area contributed by atoms with Crippen LogP contribution in [0.2, 0.25) is 5.15 Å². The third-order valence-corrected chi connectivity index (χ3v) is 3.02. The third kappa shape index (κ3) is 4.84. The summed E-state index contributed by atoms with van der Waals surface area (Å²) in [5, 5.41) is 14.1. The Bertz CT molecular complexity index is 648. The molecule has 1 unspecified atom stereocenters. The summed E-state index contributed by atoms with van der Waals surface area (Å²) in [5.74, 6) is 0.118. The molecule has 0 saturated carbocycles. The van der Waals surface area contributed by atoms with E-state index in [0.717, 1.165) is 12.0 Å². The van der Waals surface area contributed by atoms with E-state index in [1.54, 1.807) is 0 Å². The Morgan fingerprint density at radius 2 is 1.95 bits per heavy atom. The molecule has 22 heavy (non-hydrogen) atoms. The summed E-state index contributed by atoms with van der Waals surface area (Å²) in [4.78, 5) is 14.4. The summed E-state index contributed by atoms with van der Waals surface area (Å²) in [6, 6.07) is 10.3. The molecule has 2 rings (SSSR count). The molecule has 0 fully saturated rings. The lowest BCUT2D eigenvalue weighted by molar-refractivity contribution is -0.384. The summed E-state index contributed by atoms with van der Waals surface area (Å²) >= 11 is 5.78. The first-order valence-corrected chi connectivity index (χ1v) is 6.76. The van der Waals surface area contributed by atoms with Crippen LogP contribution in [0.5, 0.6) is 0 Å². The smallest absolute Gasteiger partial charge is 0.311 e. The Morgan fingerprint density at radius 3 is 2.50 bits per heavy atom. The van der Waals surface area contributed by atoms with Crippen LogP contribution in [-0.2, 0) is 6.42 Å². The second-order valence-electron chi connectivity index (χ2n) is 4.76. The van der Waals surface area contributed by atoms with Crippen molar-refractivity contribution in [1.29, 1.82) is 0 Å². The van der Waals surface area contributed by atoms with Gasteiger partial charge in [0, 0.05) is 17.8 Å². The predicted octanol–water partition coefficient (Wildman–Crippen LogP) is 3.70. The lowest BCUT2D eigenvalue weighted by atomic mass is 10.1. The highest BCUT2D eigenvalue weighted by Crippen LogP contribution is 2.27. The molecular formula is C14H16Cl2N4O2. The number of aromatic nitrogens is 1. The van der Waals surface area contributed by atoms with Crippen molar-refractivity contribution >= 4 is 41.2 Å². The lowest BCUT2D eigenvalue weighted by Crippen LogP contribution is -2.17. The van der Waals surface area contributed by atoms with Crippen molar-refractivity contribution in [3.63, 3.8) is 0 Å². The van der Waals surface area contributed by atoms with Crippen LogP contribution >= 0.6 is 24.0 Å². The minimum absolute atomic E-state index is 0. The van der Waals surface area contributed by atoms with Gasteiger partial charge in [-0.2, -0.15) is 0 Å². The highest BCUT2D eigenvalue weighted by molar-refractivity contribution is 6.29. The fourth-order valence-electron chi connectivity index (χ4n) is 1.90. The first-order valence-electron chi connectivity index (χ1n) is 6.38. The second-order valence-corrected chi connectivity index (χ2v) is 5.15. The molecule has 1 aromatic heterocycles. The molecule has 1 aromatic carbocycles. The van der Waals surface area contributed by atoms with E-state index in [9.17, 15) is 10.1 Å². The Balaban J connectivity index is 0.00000242. The van der Waals surface area contributed by atoms with Crippen molar-refractivity contribution < 1.29 is 4.92 Å².